The van der Waals surface area contributed by atoms with Crippen LogP contribution in [-0.2, 0) is 32.3 Å². The van der Waals surface area contributed by atoms with Crippen molar-refractivity contribution in [1.82, 2.24) is 0 Å². The van der Waals surface area contributed by atoms with Crippen LogP contribution in [0.1, 0.15) is 205 Å². The van der Waals surface area contributed by atoms with Gasteiger partial charge in [0.05, 0.1) is 37.6 Å². The number of unbranched alkanes of at least 4 members (excludes halogenated alkanes) is 14. The predicted octanol–water partition coefficient (Wildman–Crippen LogP) is 9.95. The number of aliphatic carboxylic acids is 2. The molecule has 8 nitrogen and oxygen atoms in total. The number of ether oxygens (including phenoxy) is 2. The number of carbonyl (C=O) groups is 2. The molecule has 2 aromatic carbocycles. The fourth-order valence-corrected chi connectivity index (χ4v) is 7.20. The van der Waals surface area contributed by atoms with Gasteiger partial charge in [-0.15, -0.1) is 0 Å². The standard InChI is InChI=1S/2C25H42O4.Ba/c2*1-2-3-9-17-24(29-21-22-14-10-8-11-15-22)20-19-23(26)16-12-6-4-5-7-13-18-25(27)28;/h2*8,10-11,14-15,23-24,26H,2-7,9,12-13,16-21H2,1H3,(H,27,28);/q;;+2/p-2. The zero-order chi connectivity index (χ0) is 42.3. The van der Waals surface area contributed by atoms with Crippen molar-refractivity contribution >= 4 is 60.8 Å². The molecule has 4 unspecified atom stereocenters. The summed E-state index contributed by atoms with van der Waals surface area (Å²) in [6, 6.07) is 20.6. The van der Waals surface area contributed by atoms with Crippen molar-refractivity contribution in [3.63, 3.8) is 0 Å². The molecule has 0 saturated heterocycles. The molecule has 59 heavy (non-hydrogen) atoms. The van der Waals surface area contributed by atoms with Gasteiger partial charge in [0, 0.05) is 11.9 Å². The molecule has 0 aliphatic rings. The number of aliphatic hydroxyl groups excluding tert-OH is 2. The molecule has 0 saturated carbocycles. The zero-order valence-corrected chi connectivity index (χ0v) is 41.8. The number of carboxylic acid groups (broad SMARTS) is 2. The number of carboxylic acids is 2. The number of aliphatic hydroxyl groups is 2. The Bertz CT molecular complexity index is 1110. The molecular formula is C50H82BaO8. The van der Waals surface area contributed by atoms with Gasteiger partial charge < -0.3 is 39.5 Å². The van der Waals surface area contributed by atoms with Crippen molar-refractivity contribution in [2.24, 2.45) is 0 Å². The van der Waals surface area contributed by atoms with Gasteiger partial charge in [0.25, 0.3) is 0 Å². The van der Waals surface area contributed by atoms with Crippen LogP contribution in [0.4, 0.5) is 0 Å². The van der Waals surface area contributed by atoms with Gasteiger partial charge in [0.15, 0.2) is 0 Å². The Morgan fingerprint density at radius 2 is 0.780 bits per heavy atom. The Kier molecular flexibility index (Phi) is 41.2. The van der Waals surface area contributed by atoms with E-state index in [9.17, 15) is 30.0 Å². The molecule has 2 rings (SSSR count). The number of carbonyl (C=O) groups excluding carboxylic acids is 2. The van der Waals surface area contributed by atoms with E-state index in [4.69, 9.17) is 9.47 Å². The third-order valence-corrected chi connectivity index (χ3v) is 10.9. The van der Waals surface area contributed by atoms with Gasteiger partial charge in [0.2, 0.25) is 0 Å². The molecule has 332 valence electrons. The molecule has 0 fully saturated rings. The summed E-state index contributed by atoms with van der Waals surface area (Å²) in [7, 11) is 0. The van der Waals surface area contributed by atoms with Crippen molar-refractivity contribution < 1.29 is 39.5 Å². The van der Waals surface area contributed by atoms with E-state index < -0.39 is 11.9 Å². The second-order valence-corrected chi connectivity index (χ2v) is 16.4. The largest absolute Gasteiger partial charge is 2.00 e. The summed E-state index contributed by atoms with van der Waals surface area (Å²) in [4.78, 5) is 20.7. The Balaban J connectivity index is 0.00000112. The first-order valence-corrected chi connectivity index (χ1v) is 23.3. The summed E-state index contributed by atoms with van der Waals surface area (Å²) in [5.74, 6) is -1.90. The molecule has 9 heteroatoms. The van der Waals surface area contributed by atoms with Gasteiger partial charge in [-0.1, -0.05) is 177 Å². The fraction of sp³-hybridized carbons (Fsp3) is 0.720. The Morgan fingerprint density at radius 3 is 1.12 bits per heavy atom. The molecule has 2 N–H and O–H groups in total. The smallest absolute Gasteiger partial charge is 0.550 e. The van der Waals surface area contributed by atoms with Crippen LogP contribution in [0, 0.1) is 0 Å². The van der Waals surface area contributed by atoms with E-state index in [1.165, 1.54) is 49.7 Å². The van der Waals surface area contributed by atoms with Crippen LogP contribution in [0.3, 0.4) is 0 Å². The van der Waals surface area contributed by atoms with Gasteiger partial charge in [-0.25, -0.2) is 0 Å². The number of rotatable bonds is 38. The maximum atomic E-state index is 10.4. The summed E-state index contributed by atoms with van der Waals surface area (Å²) in [5, 5.41) is 41.4. The third-order valence-electron chi connectivity index (χ3n) is 10.9. The summed E-state index contributed by atoms with van der Waals surface area (Å²) < 4.78 is 12.3. The van der Waals surface area contributed by atoms with E-state index >= 15 is 0 Å². The van der Waals surface area contributed by atoms with Crippen LogP contribution in [0.2, 0.25) is 0 Å². The van der Waals surface area contributed by atoms with Crippen LogP contribution < -0.4 is 10.2 Å². The minimum absolute atomic E-state index is 0. The molecule has 2 aromatic rings. The second kappa shape index (κ2) is 42.1. The molecule has 0 heterocycles. The van der Waals surface area contributed by atoms with Gasteiger partial charge in [0.1, 0.15) is 0 Å². The quantitative estimate of drug-likeness (QED) is 0.0501. The number of benzene rings is 2. The van der Waals surface area contributed by atoms with E-state index in [-0.39, 0.29) is 86.1 Å². The van der Waals surface area contributed by atoms with Crippen molar-refractivity contribution in [2.75, 3.05) is 0 Å². The van der Waals surface area contributed by atoms with Crippen molar-refractivity contribution in [2.45, 2.75) is 231 Å². The summed E-state index contributed by atoms with van der Waals surface area (Å²) in [6.07, 6.45) is 26.8. The first-order chi connectivity index (χ1) is 28.2. The molecule has 0 aromatic heterocycles. The topological polar surface area (TPSA) is 139 Å². The van der Waals surface area contributed by atoms with E-state index in [0.29, 0.717) is 26.1 Å². The molecule has 0 bridgehead atoms. The average molecular weight is 949 g/mol. The Hall–Kier alpha value is -1.21. The van der Waals surface area contributed by atoms with Crippen LogP contribution in [0.15, 0.2) is 60.7 Å². The maximum absolute atomic E-state index is 10.4. The van der Waals surface area contributed by atoms with Gasteiger partial charge in [-0.05, 0) is 88.2 Å². The van der Waals surface area contributed by atoms with Crippen molar-refractivity contribution in [3.8, 4) is 0 Å². The SMILES string of the molecule is CCCCCC(CCC(O)CCCCCCCCC(=O)[O-])OCc1ccccc1.CCCCCC(CCC(O)CCCCCCCCC(=O)[O-])OCc1ccccc1.[Ba+2]. The van der Waals surface area contributed by atoms with Crippen molar-refractivity contribution in [3.05, 3.63) is 71.8 Å². The van der Waals surface area contributed by atoms with Gasteiger partial charge in [-0.2, -0.15) is 0 Å². The third kappa shape index (κ3) is 38.2. The van der Waals surface area contributed by atoms with Crippen LogP contribution in [-0.4, -0.2) is 95.4 Å². The van der Waals surface area contributed by atoms with E-state index in [1.54, 1.807) is 0 Å². The second-order valence-electron chi connectivity index (χ2n) is 16.4. The summed E-state index contributed by atoms with van der Waals surface area (Å²) in [5.41, 5.74) is 2.40. The average Bonchev–Trinajstić information content (AvgIpc) is 3.22. The zero-order valence-electron chi connectivity index (χ0n) is 37.3. The Morgan fingerprint density at radius 1 is 0.458 bits per heavy atom. The van der Waals surface area contributed by atoms with E-state index in [1.807, 2.05) is 36.4 Å². The molecule has 0 aliphatic heterocycles. The molecule has 4 atom stereocenters. The monoisotopic (exact) mass is 949 g/mol. The van der Waals surface area contributed by atoms with E-state index in [2.05, 4.69) is 38.1 Å². The minimum atomic E-state index is -0.950. The first-order valence-electron chi connectivity index (χ1n) is 23.3. The minimum Gasteiger partial charge on any atom is -0.550 e. The summed E-state index contributed by atoms with van der Waals surface area (Å²) >= 11 is 0. The van der Waals surface area contributed by atoms with Crippen LogP contribution in [0.25, 0.3) is 0 Å². The predicted molar refractivity (Wildman–Crippen MR) is 238 cm³/mol. The molecule has 0 aliphatic carbocycles. The van der Waals surface area contributed by atoms with Crippen molar-refractivity contribution in [1.29, 1.82) is 0 Å². The van der Waals surface area contributed by atoms with Gasteiger partial charge in [-0.3, -0.25) is 0 Å². The van der Waals surface area contributed by atoms with Gasteiger partial charge >= 0.3 is 48.9 Å². The molecular weight excluding hydrogens is 866 g/mol. The number of hydrogen-bond donors (Lipinski definition) is 2. The Labute approximate surface area is 400 Å². The van der Waals surface area contributed by atoms with Crippen LogP contribution in [0.5, 0.6) is 0 Å². The fourth-order valence-electron chi connectivity index (χ4n) is 7.20. The molecule has 0 spiro atoms. The number of hydrogen-bond acceptors (Lipinski definition) is 8. The molecule has 0 radical (unpaired) electrons. The molecule has 0 amide bonds. The normalized spacial score (nSPS) is 13.1. The van der Waals surface area contributed by atoms with E-state index in [0.717, 1.165) is 116 Å². The maximum Gasteiger partial charge on any atom is 2.00 e. The first kappa shape index (κ1) is 57.8. The summed E-state index contributed by atoms with van der Waals surface area (Å²) in [6.45, 7) is 5.72. The van der Waals surface area contributed by atoms with Crippen LogP contribution >= 0.6 is 0 Å².